The minimum Gasteiger partial charge on any atom is -0.382 e. The standard InChI is InChI=1S/C18H14F4N4O3/c19-11-5-4-10(16(28)24-9-14(27)18(20,21)22)7-12(11)25-17(29)13-8-23-15-3-1-2-6-26(13)15/h1-8,14,27H,9H2,(H,24,28)(H,25,29). The maximum atomic E-state index is 14.1. The van der Waals surface area contributed by atoms with Crippen molar-refractivity contribution in [3.63, 3.8) is 0 Å². The van der Waals surface area contributed by atoms with E-state index in [4.69, 9.17) is 5.11 Å². The van der Waals surface area contributed by atoms with Crippen molar-refractivity contribution in [2.24, 2.45) is 0 Å². The average Bonchev–Trinajstić information content (AvgIpc) is 3.11. The van der Waals surface area contributed by atoms with E-state index in [0.717, 1.165) is 18.2 Å². The molecule has 0 fully saturated rings. The van der Waals surface area contributed by atoms with E-state index in [0.29, 0.717) is 5.65 Å². The number of halogens is 4. The molecule has 0 bridgehead atoms. The van der Waals surface area contributed by atoms with Crippen LogP contribution >= 0.6 is 0 Å². The topological polar surface area (TPSA) is 95.7 Å². The van der Waals surface area contributed by atoms with Crippen molar-refractivity contribution in [2.75, 3.05) is 11.9 Å². The van der Waals surface area contributed by atoms with Gasteiger partial charge >= 0.3 is 6.18 Å². The van der Waals surface area contributed by atoms with Crippen molar-refractivity contribution in [1.82, 2.24) is 14.7 Å². The molecule has 3 N–H and O–H groups in total. The van der Waals surface area contributed by atoms with Crippen molar-refractivity contribution in [2.45, 2.75) is 12.3 Å². The lowest BCUT2D eigenvalue weighted by Crippen LogP contribution is -2.40. The molecule has 0 aliphatic rings. The van der Waals surface area contributed by atoms with Crippen LogP contribution < -0.4 is 10.6 Å². The molecule has 0 aliphatic heterocycles. The molecule has 1 aromatic carbocycles. The Morgan fingerprint density at radius 1 is 1.17 bits per heavy atom. The van der Waals surface area contributed by atoms with Gasteiger partial charge < -0.3 is 15.7 Å². The number of amides is 2. The van der Waals surface area contributed by atoms with E-state index in [-0.39, 0.29) is 16.9 Å². The summed E-state index contributed by atoms with van der Waals surface area (Å²) in [6.45, 7) is -1.07. The first kappa shape index (κ1) is 20.3. The van der Waals surface area contributed by atoms with E-state index in [1.807, 2.05) is 5.32 Å². The number of rotatable bonds is 5. The minimum absolute atomic E-state index is 0.114. The predicted octanol–water partition coefficient (Wildman–Crippen LogP) is 2.38. The fourth-order valence-electron chi connectivity index (χ4n) is 2.46. The highest BCUT2D eigenvalue weighted by atomic mass is 19.4. The number of aliphatic hydroxyl groups is 1. The number of aromatic nitrogens is 2. The van der Waals surface area contributed by atoms with Gasteiger partial charge in [0, 0.05) is 11.8 Å². The minimum atomic E-state index is -4.89. The molecule has 3 aromatic rings. The Morgan fingerprint density at radius 3 is 2.66 bits per heavy atom. The number of benzene rings is 1. The number of carbonyl (C=O) groups is 2. The molecule has 0 saturated carbocycles. The first-order valence-corrected chi connectivity index (χ1v) is 8.23. The highest BCUT2D eigenvalue weighted by molar-refractivity contribution is 6.04. The fraction of sp³-hybridized carbons (Fsp3) is 0.167. The third-order valence-corrected chi connectivity index (χ3v) is 3.96. The van der Waals surface area contributed by atoms with Gasteiger partial charge in [-0.05, 0) is 30.3 Å². The van der Waals surface area contributed by atoms with Gasteiger partial charge in [0.05, 0.1) is 18.4 Å². The van der Waals surface area contributed by atoms with Crippen molar-refractivity contribution in [1.29, 1.82) is 0 Å². The summed E-state index contributed by atoms with van der Waals surface area (Å²) in [7, 11) is 0. The third-order valence-electron chi connectivity index (χ3n) is 3.96. The molecular weight excluding hydrogens is 396 g/mol. The van der Waals surface area contributed by atoms with Gasteiger partial charge in [0.2, 0.25) is 0 Å². The quantitative estimate of drug-likeness (QED) is 0.563. The molecule has 3 rings (SSSR count). The summed E-state index contributed by atoms with van der Waals surface area (Å²) >= 11 is 0. The Hall–Kier alpha value is -3.47. The van der Waals surface area contributed by atoms with E-state index in [1.54, 1.807) is 24.4 Å². The highest BCUT2D eigenvalue weighted by Crippen LogP contribution is 2.20. The average molecular weight is 410 g/mol. The first-order valence-electron chi connectivity index (χ1n) is 8.23. The number of hydrogen-bond donors (Lipinski definition) is 3. The van der Waals surface area contributed by atoms with Gasteiger partial charge in [-0.3, -0.25) is 14.0 Å². The number of imidazole rings is 1. The number of nitrogens with zero attached hydrogens (tertiary/aromatic N) is 2. The molecule has 0 aliphatic carbocycles. The zero-order chi connectivity index (χ0) is 21.2. The zero-order valence-corrected chi connectivity index (χ0v) is 14.6. The zero-order valence-electron chi connectivity index (χ0n) is 14.6. The Balaban J connectivity index is 1.75. The van der Waals surface area contributed by atoms with Gasteiger partial charge in [-0.15, -0.1) is 0 Å². The van der Waals surface area contributed by atoms with Gasteiger partial charge in [-0.25, -0.2) is 9.37 Å². The van der Waals surface area contributed by atoms with Crippen LogP contribution in [0.3, 0.4) is 0 Å². The van der Waals surface area contributed by atoms with Crippen LogP contribution in [0.4, 0.5) is 23.2 Å². The van der Waals surface area contributed by atoms with Crippen molar-refractivity contribution >= 4 is 23.1 Å². The second-order valence-electron chi connectivity index (χ2n) is 5.99. The SMILES string of the molecule is O=C(NCC(O)C(F)(F)F)c1ccc(F)c(NC(=O)c2cnc3ccccn23)c1. The number of anilines is 1. The Labute approximate surface area is 161 Å². The molecule has 1 unspecified atom stereocenters. The number of pyridine rings is 1. The van der Waals surface area contributed by atoms with Crippen LogP contribution in [0, 0.1) is 5.82 Å². The molecule has 152 valence electrons. The van der Waals surface area contributed by atoms with Gasteiger partial charge in [0.15, 0.2) is 6.10 Å². The number of carbonyl (C=O) groups excluding carboxylic acids is 2. The maximum absolute atomic E-state index is 14.1. The number of hydrogen-bond acceptors (Lipinski definition) is 4. The molecule has 0 radical (unpaired) electrons. The smallest absolute Gasteiger partial charge is 0.382 e. The van der Waals surface area contributed by atoms with Gasteiger partial charge in [-0.2, -0.15) is 13.2 Å². The summed E-state index contributed by atoms with van der Waals surface area (Å²) in [4.78, 5) is 28.5. The lowest BCUT2D eigenvalue weighted by atomic mass is 10.1. The summed E-state index contributed by atoms with van der Waals surface area (Å²) in [5, 5.41) is 13.1. The second-order valence-corrected chi connectivity index (χ2v) is 5.99. The molecule has 11 heteroatoms. The van der Waals surface area contributed by atoms with Crippen LogP contribution in [0.5, 0.6) is 0 Å². The van der Waals surface area contributed by atoms with Crippen LogP contribution in [0.2, 0.25) is 0 Å². The monoisotopic (exact) mass is 410 g/mol. The van der Waals surface area contributed by atoms with Gasteiger partial charge in [-0.1, -0.05) is 6.07 Å². The van der Waals surface area contributed by atoms with Crippen LogP contribution in [-0.4, -0.2) is 45.1 Å². The van der Waals surface area contributed by atoms with E-state index < -0.39 is 36.5 Å². The number of alkyl halides is 3. The highest BCUT2D eigenvalue weighted by Gasteiger charge is 2.38. The molecule has 7 nitrogen and oxygen atoms in total. The molecule has 0 saturated heterocycles. The Bertz CT molecular complexity index is 1060. The number of nitrogens with one attached hydrogen (secondary N) is 2. The van der Waals surface area contributed by atoms with Crippen LogP contribution in [-0.2, 0) is 0 Å². The maximum Gasteiger partial charge on any atom is 0.416 e. The molecule has 2 amide bonds. The molecular formula is C18H14F4N4O3. The molecule has 2 aromatic heterocycles. The Morgan fingerprint density at radius 2 is 1.93 bits per heavy atom. The molecule has 1 atom stereocenters. The lowest BCUT2D eigenvalue weighted by molar-refractivity contribution is -0.201. The predicted molar refractivity (Wildman–Crippen MR) is 93.9 cm³/mol. The number of aliphatic hydroxyl groups excluding tert-OH is 1. The van der Waals surface area contributed by atoms with E-state index >= 15 is 0 Å². The first-order chi connectivity index (χ1) is 13.7. The summed E-state index contributed by atoms with van der Waals surface area (Å²) in [5.74, 6) is -2.52. The Kier molecular flexibility index (Phi) is 5.50. The molecule has 29 heavy (non-hydrogen) atoms. The molecule has 2 heterocycles. The van der Waals surface area contributed by atoms with Crippen LogP contribution in [0.15, 0.2) is 48.8 Å². The lowest BCUT2D eigenvalue weighted by Gasteiger charge is -2.15. The third kappa shape index (κ3) is 4.51. The summed E-state index contributed by atoms with van der Waals surface area (Å²) < 4.78 is 52.4. The van der Waals surface area contributed by atoms with Gasteiger partial charge in [0.1, 0.15) is 17.2 Å². The van der Waals surface area contributed by atoms with Crippen molar-refractivity contribution in [3.05, 3.63) is 65.9 Å². The summed E-state index contributed by atoms with van der Waals surface area (Å²) in [5.41, 5.74) is 0.0664. The number of fused-ring (bicyclic) bond motifs is 1. The van der Waals surface area contributed by atoms with Crippen molar-refractivity contribution < 1.29 is 32.3 Å². The van der Waals surface area contributed by atoms with Gasteiger partial charge in [0.25, 0.3) is 11.8 Å². The summed E-state index contributed by atoms with van der Waals surface area (Å²) in [6.07, 6.45) is -4.74. The molecule has 0 spiro atoms. The van der Waals surface area contributed by atoms with E-state index in [9.17, 15) is 27.2 Å². The normalized spacial score (nSPS) is 12.6. The van der Waals surface area contributed by atoms with Crippen LogP contribution in [0.25, 0.3) is 5.65 Å². The second kappa shape index (κ2) is 7.87. The van der Waals surface area contributed by atoms with Crippen molar-refractivity contribution in [3.8, 4) is 0 Å². The van der Waals surface area contributed by atoms with E-state index in [2.05, 4.69) is 10.3 Å². The van der Waals surface area contributed by atoms with Crippen LogP contribution in [0.1, 0.15) is 20.8 Å². The summed E-state index contributed by atoms with van der Waals surface area (Å²) in [6, 6.07) is 7.96. The largest absolute Gasteiger partial charge is 0.416 e. The fourth-order valence-corrected chi connectivity index (χ4v) is 2.46. The van der Waals surface area contributed by atoms with E-state index in [1.165, 1.54) is 10.6 Å².